The first-order chi connectivity index (χ1) is 15.5. The highest BCUT2D eigenvalue weighted by Crippen LogP contribution is 2.21. The molecule has 0 saturated carbocycles. The van der Waals surface area contributed by atoms with Crippen LogP contribution in [0.25, 0.3) is 10.2 Å². The van der Waals surface area contributed by atoms with Gasteiger partial charge >= 0.3 is 5.97 Å². The summed E-state index contributed by atoms with van der Waals surface area (Å²) in [5.74, 6) is 0.170. The zero-order valence-corrected chi connectivity index (χ0v) is 19.7. The Labute approximate surface area is 192 Å². The van der Waals surface area contributed by atoms with E-state index in [4.69, 9.17) is 9.47 Å². The molecule has 0 aliphatic heterocycles. The molecule has 0 fully saturated rings. The van der Waals surface area contributed by atoms with E-state index in [0.29, 0.717) is 18.0 Å². The Morgan fingerprint density at radius 3 is 2.44 bits per heavy atom. The lowest BCUT2D eigenvalue weighted by Crippen LogP contribution is -2.23. The molecule has 2 aromatic carbocycles. The van der Waals surface area contributed by atoms with Gasteiger partial charge in [0.2, 0.25) is 0 Å². The van der Waals surface area contributed by atoms with Crippen LogP contribution in [0.2, 0.25) is 0 Å². The summed E-state index contributed by atoms with van der Waals surface area (Å²) in [6, 6.07) is 13.7. The second-order valence-corrected chi connectivity index (χ2v) is 8.45. The largest absolute Gasteiger partial charge is 0.494 e. The molecule has 6 nitrogen and oxygen atoms in total. The Kier molecular flexibility index (Phi) is 8.62. The lowest BCUT2D eigenvalue weighted by molar-refractivity contribution is -0.143. The predicted octanol–water partition coefficient (Wildman–Crippen LogP) is 4.68. The number of ether oxygens (including phenoxy) is 2. The van der Waals surface area contributed by atoms with Gasteiger partial charge < -0.3 is 14.0 Å². The van der Waals surface area contributed by atoms with E-state index in [0.717, 1.165) is 40.8 Å². The quantitative estimate of drug-likeness (QED) is 0.417. The highest BCUT2D eigenvalue weighted by Gasteiger charge is 2.13. The molecule has 1 heterocycles. The number of nitrogens with zero attached hydrogens (tertiary/aromatic N) is 2. The van der Waals surface area contributed by atoms with Gasteiger partial charge in [-0.05, 0) is 62.1 Å². The van der Waals surface area contributed by atoms with Gasteiger partial charge in [-0.2, -0.15) is 4.99 Å². The van der Waals surface area contributed by atoms with Gasteiger partial charge in [-0.3, -0.25) is 9.59 Å². The van der Waals surface area contributed by atoms with Crippen molar-refractivity contribution in [3.05, 3.63) is 58.4 Å². The van der Waals surface area contributed by atoms with Crippen molar-refractivity contribution >= 4 is 33.4 Å². The van der Waals surface area contributed by atoms with Crippen LogP contribution in [0.15, 0.2) is 47.5 Å². The normalized spacial score (nSPS) is 11.7. The summed E-state index contributed by atoms with van der Waals surface area (Å²) in [6.45, 7) is 6.81. The molecule has 0 unspecified atom stereocenters. The minimum Gasteiger partial charge on any atom is -0.494 e. The molecule has 0 aliphatic rings. The number of aromatic nitrogens is 1. The molecule has 0 saturated heterocycles. The van der Waals surface area contributed by atoms with Gasteiger partial charge in [0.15, 0.2) is 4.80 Å². The molecule has 170 valence electrons. The number of hydrogen-bond acceptors (Lipinski definition) is 5. The fourth-order valence-electron chi connectivity index (χ4n) is 3.42. The van der Waals surface area contributed by atoms with E-state index in [9.17, 15) is 9.59 Å². The summed E-state index contributed by atoms with van der Waals surface area (Å²) >= 11 is 1.43. The molecule has 32 heavy (non-hydrogen) atoms. The molecule has 7 heteroatoms. The van der Waals surface area contributed by atoms with E-state index in [1.807, 2.05) is 37.3 Å². The summed E-state index contributed by atoms with van der Waals surface area (Å²) in [7, 11) is 0. The van der Waals surface area contributed by atoms with E-state index < -0.39 is 0 Å². The smallest absolute Gasteiger partial charge is 0.326 e. The van der Waals surface area contributed by atoms with Crippen molar-refractivity contribution in [3.63, 3.8) is 0 Å². The van der Waals surface area contributed by atoms with Crippen molar-refractivity contribution in [2.45, 2.75) is 53.0 Å². The SMILES string of the molecule is CCCCc1ccc2c(c1)sc(=NC(=O)Cc1ccc(OCC)cc1)n2CC(=O)OCC. The number of hydrogen-bond donors (Lipinski definition) is 0. The number of fused-ring (bicyclic) bond motifs is 1. The number of unbranched alkanes of at least 4 members (excludes halogenated alkanes) is 1. The summed E-state index contributed by atoms with van der Waals surface area (Å²) < 4.78 is 13.4. The van der Waals surface area contributed by atoms with Gasteiger partial charge in [0.05, 0.1) is 29.9 Å². The molecule has 0 atom stereocenters. The minimum atomic E-state index is -0.345. The van der Waals surface area contributed by atoms with E-state index in [-0.39, 0.29) is 24.8 Å². The van der Waals surface area contributed by atoms with Crippen molar-refractivity contribution in [1.29, 1.82) is 0 Å². The summed E-state index contributed by atoms with van der Waals surface area (Å²) in [5.41, 5.74) is 2.99. The average Bonchev–Trinajstić information content (AvgIpc) is 3.09. The Bertz CT molecular complexity index is 1130. The van der Waals surface area contributed by atoms with Crippen LogP contribution in [0.5, 0.6) is 5.75 Å². The van der Waals surface area contributed by atoms with Crippen LogP contribution in [-0.4, -0.2) is 29.7 Å². The first-order valence-electron chi connectivity index (χ1n) is 11.1. The van der Waals surface area contributed by atoms with Crippen LogP contribution in [0.3, 0.4) is 0 Å². The van der Waals surface area contributed by atoms with Gasteiger partial charge in [0.1, 0.15) is 12.3 Å². The Morgan fingerprint density at radius 1 is 1.00 bits per heavy atom. The summed E-state index contributed by atoms with van der Waals surface area (Å²) in [6.07, 6.45) is 3.44. The standard InChI is InChI=1S/C25H30N2O4S/c1-4-7-8-18-11-14-21-22(15-18)32-25(27(21)17-24(29)31-6-3)26-23(28)16-19-9-12-20(13-10-19)30-5-2/h9-15H,4-8,16-17H2,1-3H3. The van der Waals surface area contributed by atoms with Crippen molar-refractivity contribution in [1.82, 2.24) is 4.57 Å². The molecular formula is C25H30N2O4S. The minimum absolute atomic E-state index is 0.0251. The third kappa shape index (κ3) is 6.29. The second-order valence-electron chi connectivity index (χ2n) is 7.44. The van der Waals surface area contributed by atoms with Crippen LogP contribution in [0.1, 0.15) is 44.7 Å². The third-order valence-electron chi connectivity index (χ3n) is 4.97. The monoisotopic (exact) mass is 454 g/mol. The van der Waals surface area contributed by atoms with E-state index in [1.165, 1.54) is 16.9 Å². The molecule has 0 spiro atoms. The zero-order chi connectivity index (χ0) is 22.9. The lowest BCUT2D eigenvalue weighted by Gasteiger charge is -2.06. The van der Waals surface area contributed by atoms with Crippen molar-refractivity contribution < 1.29 is 19.1 Å². The van der Waals surface area contributed by atoms with Crippen molar-refractivity contribution in [3.8, 4) is 5.75 Å². The molecule has 1 aromatic heterocycles. The van der Waals surface area contributed by atoms with Crippen LogP contribution in [-0.2, 0) is 33.7 Å². The van der Waals surface area contributed by atoms with E-state index in [1.54, 1.807) is 11.5 Å². The second kappa shape index (κ2) is 11.6. The molecule has 0 aliphatic carbocycles. The van der Waals surface area contributed by atoms with E-state index >= 15 is 0 Å². The first kappa shape index (κ1) is 23.7. The van der Waals surface area contributed by atoms with Crippen molar-refractivity contribution in [2.75, 3.05) is 13.2 Å². The summed E-state index contributed by atoms with van der Waals surface area (Å²) in [4.78, 5) is 29.8. The lowest BCUT2D eigenvalue weighted by atomic mass is 10.1. The molecular weight excluding hydrogens is 424 g/mol. The van der Waals surface area contributed by atoms with Crippen LogP contribution in [0.4, 0.5) is 0 Å². The molecule has 0 N–H and O–H groups in total. The van der Waals surface area contributed by atoms with Gasteiger partial charge in [-0.15, -0.1) is 0 Å². The number of carbonyl (C=O) groups is 2. The maximum Gasteiger partial charge on any atom is 0.326 e. The maximum absolute atomic E-state index is 12.7. The van der Waals surface area contributed by atoms with Gasteiger partial charge in [-0.1, -0.05) is 42.9 Å². The molecule has 1 amide bonds. The van der Waals surface area contributed by atoms with Gasteiger partial charge in [0.25, 0.3) is 5.91 Å². The number of esters is 1. The topological polar surface area (TPSA) is 69.9 Å². The average molecular weight is 455 g/mol. The van der Waals surface area contributed by atoms with Gasteiger partial charge in [-0.25, -0.2) is 0 Å². The van der Waals surface area contributed by atoms with Gasteiger partial charge in [0, 0.05) is 0 Å². The number of benzene rings is 2. The Morgan fingerprint density at radius 2 is 1.75 bits per heavy atom. The molecule has 0 bridgehead atoms. The highest BCUT2D eigenvalue weighted by molar-refractivity contribution is 7.16. The molecule has 0 radical (unpaired) electrons. The van der Waals surface area contributed by atoms with Crippen LogP contribution < -0.4 is 9.54 Å². The zero-order valence-electron chi connectivity index (χ0n) is 18.9. The van der Waals surface area contributed by atoms with Crippen LogP contribution in [0, 0.1) is 0 Å². The fourth-order valence-corrected chi connectivity index (χ4v) is 4.53. The van der Waals surface area contributed by atoms with Crippen LogP contribution >= 0.6 is 11.3 Å². The number of carbonyl (C=O) groups excluding carboxylic acids is 2. The summed E-state index contributed by atoms with van der Waals surface area (Å²) in [5, 5.41) is 0. The number of thiazole rings is 1. The fraction of sp³-hybridized carbons (Fsp3) is 0.400. The number of rotatable bonds is 10. The van der Waals surface area contributed by atoms with Crippen molar-refractivity contribution in [2.24, 2.45) is 4.99 Å². The molecule has 3 aromatic rings. The Balaban J connectivity index is 1.91. The Hall–Kier alpha value is -2.93. The first-order valence-corrected chi connectivity index (χ1v) is 11.9. The molecule has 3 rings (SSSR count). The maximum atomic E-state index is 12.7. The number of amides is 1. The predicted molar refractivity (Wildman–Crippen MR) is 127 cm³/mol. The van der Waals surface area contributed by atoms with E-state index in [2.05, 4.69) is 24.0 Å². The number of aryl methyl sites for hydroxylation is 1. The highest BCUT2D eigenvalue weighted by atomic mass is 32.1. The third-order valence-corrected chi connectivity index (χ3v) is 6.01.